The van der Waals surface area contributed by atoms with Crippen LogP contribution in [0.15, 0.2) is 110 Å². The van der Waals surface area contributed by atoms with Crippen molar-refractivity contribution in [3.05, 3.63) is 101 Å². The van der Waals surface area contributed by atoms with Gasteiger partial charge in [0.25, 0.3) is 25.8 Å². The fraction of sp³-hybridized carbons (Fsp3) is 0.489. The van der Waals surface area contributed by atoms with Crippen molar-refractivity contribution in [2.75, 3.05) is 81.5 Å². The summed E-state index contributed by atoms with van der Waals surface area (Å²) >= 11 is 7.55. The number of benzene rings is 3. The third-order valence-electron chi connectivity index (χ3n) is 11.8. The number of hydrogen-bond acceptors (Lipinski definition) is 11. The van der Waals surface area contributed by atoms with E-state index in [1.807, 2.05) is 35.1 Å². The van der Waals surface area contributed by atoms with Gasteiger partial charge >= 0.3 is 5.51 Å². The van der Waals surface area contributed by atoms with Gasteiger partial charge in [0, 0.05) is 85.3 Å². The first-order chi connectivity index (χ1) is 29.8. The summed E-state index contributed by atoms with van der Waals surface area (Å²) < 4.78 is 103. The molecule has 0 unspecified atom stereocenters. The number of anilines is 2. The molecule has 2 N–H and O–H groups in total. The van der Waals surface area contributed by atoms with E-state index in [4.69, 9.17) is 16.3 Å². The van der Waals surface area contributed by atoms with E-state index in [0.717, 1.165) is 87.5 Å². The predicted molar refractivity (Wildman–Crippen MR) is 245 cm³/mol. The number of nitrogens with one attached hydrogen (secondary N) is 2. The first-order valence-corrected chi connectivity index (χ1v) is 25.5. The molecule has 3 aliphatic rings. The van der Waals surface area contributed by atoms with Gasteiger partial charge in [0.1, 0.15) is 4.90 Å². The summed E-state index contributed by atoms with van der Waals surface area (Å²) in [5.41, 5.74) is -2.05. The standard InChI is InChI=1S/C45H57ClF3N5O6S3/c1-33(46)9-10-34-17-19-44(2,3)30-36(34)31-53-21-23-54(24-22-53)38-13-11-35(12-14-38)43(55)51-63(58,59)40-15-16-41(42(29-40)62(56,57)45(47,48)49)50-37(18-20-52-25-27-60-28-26-52)32-61-39-7-5-4-6-8-39/h4-8,11-16,29,37,50H,1,9-10,17-28,30-32H2,2-3H3,(H,51,55)/t37-/m1/s1. The minimum atomic E-state index is -6.05. The SMILES string of the molecule is C=C(Cl)CCC1=C(CN2CCN(c3ccc(C(=O)NS(=O)(=O)c4ccc(N[C@H](CCN5CCOCC5)CSc5ccccc5)c(S(=O)(=O)C(F)(F)F)c4)cc3)CC2)CC(C)(C)CC1. The van der Waals surface area contributed by atoms with Crippen molar-refractivity contribution in [3.63, 3.8) is 0 Å². The maximum Gasteiger partial charge on any atom is 0.501 e. The second-order valence-electron chi connectivity index (χ2n) is 17.1. The average Bonchev–Trinajstić information content (AvgIpc) is 3.24. The normalized spacial score (nSPS) is 18.5. The Morgan fingerprint density at radius 3 is 2.25 bits per heavy atom. The minimum Gasteiger partial charge on any atom is -0.380 e. The molecule has 63 heavy (non-hydrogen) atoms. The Morgan fingerprint density at radius 2 is 1.60 bits per heavy atom. The molecule has 6 rings (SSSR count). The van der Waals surface area contributed by atoms with Gasteiger partial charge in [0.2, 0.25) is 0 Å². The number of carbonyl (C=O) groups is 1. The number of amides is 1. The number of halogens is 4. The number of sulfone groups is 1. The predicted octanol–water partition coefficient (Wildman–Crippen LogP) is 8.56. The lowest BCUT2D eigenvalue weighted by molar-refractivity contribution is -0.0435. The van der Waals surface area contributed by atoms with Crippen LogP contribution in [0.2, 0.25) is 0 Å². The van der Waals surface area contributed by atoms with Gasteiger partial charge in [-0.05, 0) is 98.5 Å². The van der Waals surface area contributed by atoms with Crippen molar-refractivity contribution < 1.29 is 39.5 Å². The molecule has 344 valence electrons. The van der Waals surface area contributed by atoms with E-state index < -0.39 is 52.8 Å². The largest absolute Gasteiger partial charge is 0.501 e. The summed E-state index contributed by atoms with van der Waals surface area (Å²) in [4.78, 5) is 19.0. The van der Waals surface area contributed by atoms with E-state index in [0.29, 0.717) is 56.1 Å². The van der Waals surface area contributed by atoms with Gasteiger partial charge in [-0.2, -0.15) is 13.2 Å². The van der Waals surface area contributed by atoms with Gasteiger partial charge in [0.15, 0.2) is 0 Å². The van der Waals surface area contributed by atoms with Crippen LogP contribution in [0.1, 0.15) is 62.7 Å². The molecule has 2 saturated heterocycles. The number of nitrogens with zero attached hydrogens (tertiary/aromatic N) is 3. The van der Waals surface area contributed by atoms with Crippen molar-refractivity contribution in [1.82, 2.24) is 14.5 Å². The van der Waals surface area contributed by atoms with E-state index in [1.165, 1.54) is 35.0 Å². The van der Waals surface area contributed by atoms with Gasteiger partial charge in [0.05, 0.1) is 23.8 Å². The number of allylic oxidation sites excluding steroid dienone is 2. The molecule has 0 bridgehead atoms. The van der Waals surface area contributed by atoms with E-state index in [9.17, 15) is 34.8 Å². The van der Waals surface area contributed by atoms with E-state index in [2.05, 4.69) is 40.4 Å². The van der Waals surface area contributed by atoms with E-state index in [-0.39, 0.29) is 11.0 Å². The Labute approximate surface area is 379 Å². The highest BCUT2D eigenvalue weighted by molar-refractivity contribution is 7.99. The summed E-state index contributed by atoms with van der Waals surface area (Å²) in [6, 6.07) is 17.7. The summed E-state index contributed by atoms with van der Waals surface area (Å²) in [6.07, 6.45) is 5.44. The zero-order chi connectivity index (χ0) is 45.4. The smallest absolute Gasteiger partial charge is 0.380 e. The molecule has 1 aliphatic carbocycles. The molecule has 3 aromatic rings. The third kappa shape index (κ3) is 13.5. The lowest BCUT2D eigenvalue weighted by Gasteiger charge is -2.39. The number of ether oxygens (including phenoxy) is 1. The van der Waals surface area contributed by atoms with E-state index in [1.54, 1.807) is 12.1 Å². The fourth-order valence-corrected chi connectivity index (χ4v) is 11.3. The molecule has 18 heteroatoms. The Morgan fingerprint density at radius 1 is 0.921 bits per heavy atom. The Balaban J connectivity index is 1.12. The Kier molecular flexibility index (Phi) is 16.4. The minimum absolute atomic E-state index is 0.000387. The first-order valence-electron chi connectivity index (χ1n) is 21.2. The quantitative estimate of drug-likeness (QED) is 0.0941. The van der Waals surface area contributed by atoms with Crippen molar-refractivity contribution in [3.8, 4) is 0 Å². The second kappa shape index (κ2) is 21.2. The third-order valence-corrected chi connectivity index (χ3v) is 16.0. The van der Waals surface area contributed by atoms with Gasteiger partial charge in [-0.25, -0.2) is 21.6 Å². The summed E-state index contributed by atoms with van der Waals surface area (Å²) in [5, 5.41) is 3.67. The summed E-state index contributed by atoms with van der Waals surface area (Å²) in [6.45, 7) is 15.6. The van der Waals surface area contributed by atoms with Crippen molar-refractivity contribution >= 4 is 60.5 Å². The van der Waals surface area contributed by atoms with Crippen LogP contribution in [0.5, 0.6) is 0 Å². The van der Waals surface area contributed by atoms with Crippen molar-refractivity contribution in [1.29, 1.82) is 0 Å². The number of rotatable bonds is 18. The van der Waals surface area contributed by atoms with Gasteiger partial charge in [-0.15, -0.1) is 11.8 Å². The second-order valence-corrected chi connectivity index (χ2v) is 22.3. The fourth-order valence-electron chi connectivity index (χ4n) is 8.14. The molecule has 2 fully saturated rings. The lowest BCUT2D eigenvalue weighted by Crippen LogP contribution is -2.47. The Hall–Kier alpha value is -3.58. The van der Waals surface area contributed by atoms with Crippen LogP contribution in [0.4, 0.5) is 24.5 Å². The maximum atomic E-state index is 14.2. The van der Waals surface area contributed by atoms with Gasteiger partial charge in [-0.3, -0.25) is 14.6 Å². The highest BCUT2D eigenvalue weighted by atomic mass is 35.5. The van der Waals surface area contributed by atoms with Crippen molar-refractivity contribution in [2.45, 2.75) is 78.6 Å². The van der Waals surface area contributed by atoms with Crippen LogP contribution in [0.25, 0.3) is 0 Å². The zero-order valence-electron chi connectivity index (χ0n) is 35.8. The van der Waals surface area contributed by atoms with Crippen LogP contribution in [0, 0.1) is 5.41 Å². The summed E-state index contributed by atoms with van der Waals surface area (Å²) in [5.74, 6) is -0.650. The van der Waals surface area contributed by atoms with Crippen molar-refractivity contribution in [2.24, 2.45) is 5.41 Å². The lowest BCUT2D eigenvalue weighted by atomic mass is 9.73. The highest BCUT2D eigenvalue weighted by Gasteiger charge is 2.48. The number of alkyl halides is 3. The number of piperazine rings is 1. The van der Waals surface area contributed by atoms with Crippen LogP contribution < -0.4 is 14.9 Å². The molecule has 2 aliphatic heterocycles. The molecule has 2 heterocycles. The number of sulfonamides is 1. The average molecular weight is 953 g/mol. The van der Waals surface area contributed by atoms with Crippen LogP contribution >= 0.6 is 23.4 Å². The monoisotopic (exact) mass is 951 g/mol. The zero-order valence-corrected chi connectivity index (χ0v) is 39.0. The Bertz CT molecular complexity index is 2320. The molecule has 0 spiro atoms. The first kappa shape index (κ1) is 48.9. The van der Waals surface area contributed by atoms with Crippen LogP contribution in [-0.4, -0.2) is 115 Å². The maximum absolute atomic E-state index is 14.2. The van der Waals surface area contributed by atoms with Crippen LogP contribution in [0.3, 0.4) is 0 Å². The molecule has 0 radical (unpaired) electrons. The highest BCUT2D eigenvalue weighted by Crippen LogP contribution is 2.41. The van der Waals surface area contributed by atoms with Gasteiger partial charge < -0.3 is 15.0 Å². The number of hydrogen-bond donors (Lipinski definition) is 2. The molecule has 3 aromatic carbocycles. The molecular weight excluding hydrogens is 895 g/mol. The molecule has 11 nitrogen and oxygen atoms in total. The topological polar surface area (TPSA) is 128 Å². The van der Waals surface area contributed by atoms with Crippen LogP contribution in [-0.2, 0) is 24.6 Å². The van der Waals surface area contributed by atoms with E-state index >= 15 is 0 Å². The molecule has 1 atom stereocenters. The molecular formula is C45H57ClF3N5O6S3. The number of morpholine rings is 1. The molecule has 0 aromatic heterocycles. The number of thioether (sulfide) groups is 1. The molecule has 0 saturated carbocycles. The van der Waals surface area contributed by atoms with Gasteiger partial charge in [-0.1, -0.05) is 61.4 Å². The number of carbonyl (C=O) groups excluding carboxylic acids is 1. The molecule has 1 amide bonds. The summed E-state index contributed by atoms with van der Waals surface area (Å²) in [7, 11) is -10.9.